The smallest absolute Gasteiger partial charge is 0.247 e. The van der Waals surface area contributed by atoms with E-state index in [-0.39, 0.29) is 0 Å². The quantitative estimate of drug-likeness (QED) is 0.471. The first kappa shape index (κ1) is 14.2. The molecule has 0 saturated heterocycles. The minimum absolute atomic E-state index is 0.604. The van der Waals surface area contributed by atoms with Gasteiger partial charge in [-0.15, -0.1) is 0 Å². The van der Waals surface area contributed by atoms with Crippen LogP contribution in [0.15, 0.2) is 54.6 Å². The number of hydrogen-bond donors (Lipinski definition) is 3. The molecule has 0 atom stereocenters. The van der Waals surface area contributed by atoms with Crippen molar-refractivity contribution in [2.24, 2.45) is 0 Å². The number of fused-ring (bicyclic) bond motifs is 1. The second kappa shape index (κ2) is 6.37. The number of tetrazole rings is 1. The highest BCUT2D eigenvalue weighted by Crippen LogP contribution is 2.13. The monoisotopic (exact) mass is 320 g/mol. The number of para-hydroxylation sites is 3. The number of aromatic amines is 1. The Bertz CT molecular complexity index is 894. The van der Waals surface area contributed by atoms with Crippen LogP contribution in [0, 0.1) is 0 Å². The molecule has 0 aliphatic carbocycles. The molecule has 0 spiro atoms. The highest BCUT2D eigenvalue weighted by Gasteiger charge is 2.07. The molecule has 0 radical (unpaired) electrons. The van der Waals surface area contributed by atoms with Gasteiger partial charge in [0.2, 0.25) is 11.9 Å². The first-order chi connectivity index (χ1) is 11.9. The van der Waals surface area contributed by atoms with E-state index in [9.17, 15) is 0 Å². The van der Waals surface area contributed by atoms with Crippen LogP contribution >= 0.6 is 0 Å². The number of nitrogens with one attached hydrogen (secondary N) is 3. The molecule has 8 nitrogen and oxygen atoms in total. The second-order valence-electron chi connectivity index (χ2n) is 5.21. The number of nitrogens with zero attached hydrogens (tertiary/aromatic N) is 5. The van der Waals surface area contributed by atoms with Crippen LogP contribution in [0.3, 0.4) is 0 Å². The third kappa shape index (κ3) is 2.89. The van der Waals surface area contributed by atoms with E-state index in [2.05, 4.69) is 36.1 Å². The van der Waals surface area contributed by atoms with Crippen LogP contribution in [0.4, 0.5) is 11.9 Å². The van der Waals surface area contributed by atoms with Gasteiger partial charge in [0.1, 0.15) is 0 Å². The van der Waals surface area contributed by atoms with Crippen molar-refractivity contribution in [2.75, 3.05) is 23.7 Å². The second-order valence-corrected chi connectivity index (χ2v) is 5.21. The number of hydrogen-bond acceptors (Lipinski definition) is 6. The molecule has 120 valence electrons. The Morgan fingerprint density at radius 3 is 2.58 bits per heavy atom. The molecule has 0 aliphatic heterocycles. The Balaban J connectivity index is 1.36. The van der Waals surface area contributed by atoms with E-state index in [1.807, 2.05) is 54.6 Å². The average molecular weight is 320 g/mol. The van der Waals surface area contributed by atoms with E-state index in [0.29, 0.717) is 19.0 Å². The Morgan fingerprint density at radius 2 is 1.71 bits per heavy atom. The Kier molecular flexibility index (Phi) is 3.77. The van der Waals surface area contributed by atoms with Gasteiger partial charge in [-0.3, -0.25) is 0 Å². The standard InChI is InChI=1S/C16H16N8/c1-2-6-12(7-3-1)24-16(21-22-23-24)18-11-10-17-15-19-13-8-4-5-9-14(13)20-15/h1-9H,10-11H2,(H2,17,19,20)(H,18,21,23). The normalized spacial score (nSPS) is 10.8. The third-order valence-electron chi connectivity index (χ3n) is 3.56. The van der Waals surface area contributed by atoms with Crippen molar-refractivity contribution in [1.82, 2.24) is 30.2 Å². The molecule has 4 rings (SSSR count). The Labute approximate surface area is 137 Å². The van der Waals surface area contributed by atoms with E-state index in [1.165, 1.54) is 0 Å². The molecule has 0 unspecified atom stereocenters. The number of benzene rings is 2. The molecule has 0 bridgehead atoms. The molecule has 2 heterocycles. The van der Waals surface area contributed by atoms with Crippen molar-refractivity contribution in [3.8, 4) is 5.69 Å². The summed E-state index contributed by atoms with van der Waals surface area (Å²) < 4.78 is 1.67. The summed E-state index contributed by atoms with van der Waals surface area (Å²) in [5, 5.41) is 18.2. The maximum atomic E-state index is 4.47. The van der Waals surface area contributed by atoms with Crippen LogP contribution < -0.4 is 10.6 Å². The zero-order valence-corrected chi connectivity index (χ0v) is 12.8. The molecule has 24 heavy (non-hydrogen) atoms. The van der Waals surface area contributed by atoms with E-state index < -0.39 is 0 Å². The summed E-state index contributed by atoms with van der Waals surface area (Å²) in [6, 6.07) is 17.7. The van der Waals surface area contributed by atoms with Crippen LogP contribution in [0.2, 0.25) is 0 Å². The lowest BCUT2D eigenvalue weighted by molar-refractivity contribution is 0.789. The zero-order chi connectivity index (χ0) is 16.2. The van der Waals surface area contributed by atoms with Gasteiger partial charge in [-0.25, -0.2) is 4.98 Å². The zero-order valence-electron chi connectivity index (χ0n) is 12.8. The van der Waals surface area contributed by atoms with Gasteiger partial charge in [-0.2, -0.15) is 4.68 Å². The van der Waals surface area contributed by atoms with Crippen LogP contribution in [0.5, 0.6) is 0 Å². The number of anilines is 2. The van der Waals surface area contributed by atoms with Gasteiger partial charge in [-0.05, 0) is 34.7 Å². The molecular formula is C16H16N8. The molecule has 0 aliphatic rings. The summed E-state index contributed by atoms with van der Waals surface area (Å²) in [4.78, 5) is 7.70. The van der Waals surface area contributed by atoms with Crippen LogP contribution in [0.25, 0.3) is 16.7 Å². The lowest BCUT2D eigenvalue weighted by Crippen LogP contribution is -2.16. The SMILES string of the molecule is c1ccc(-n2nnnc2NCCNc2nc3ccccc3[nH]2)cc1. The largest absolute Gasteiger partial charge is 0.354 e. The van der Waals surface area contributed by atoms with Crippen LogP contribution in [-0.4, -0.2) is 43.3 Å². The predicted octanol–water partition coefficient (Wildman–Crippen LogP) is 2.06. The maximum Gasteiger partial charge on any atom is 0.247 e. The Morgan fingerprint density at radius 1 is 0.917 bits per heavy atom. The van der Waals surface area contributed by atoms with Crippen LogP contribution in [-0.2, 0) is 0 Å². The fraction of sp³-hybridized carbons (Fsp3) is 0.125. The molecule has 0 saturated carbocycles. The summed E-state index contributed by atoms with van der Waals surface area (Å²) in [6.07, 6.45) is 0. The van der Waals surface area contributed by atoms with E-state index in [4.69, 9.17) is 0 Å². The minimum atomic E-state index is 0.604. The highest BCUT2D eigenvalue weighted by molar-refractivity contribution is 5.77. The number of imidazole rings is 1. The summed E-state index contributed by atoms with van der Waals surface area (Å²) in [7, 11) is 0. The summed E-state index contributed by atoms with van der Waals surface area (Å²) >= 11 is 0. The van der Waals surface area contributed by atoms with Crippen molar-refractivity contribution in [2.45, 2.75) is 0 Å². The van der Waals surface area contributed by atoms with Crippen molar-refractivity contribution in [3.05, 3.63) is 54.6 Å². The number of aromatic nitrogens is 6. The fourth-order valence-corrected chi connectivity index (χ4v) is 2.43. The third-order valence-corrected chi connectivity index (χ3v) is 3.56. The predicted molar refractivity (Wildman–Crippen MR) is 92.2 cm³/mol. The van der Waals surface area contributed by atoms with Crippen molar-refractivity contribution >= 4 is 22.9 Å². The van der Waals surface area contributed by atoms with Gasteiger partial charge in [0.15, 0.2) is 0 Å². The fourth-order valence-electron chi connectivity index (χ4n) is 2.43. The van der Waals surface area contributed by atoms with Gasteiger partial charge >= 0.3 is 0 Å². The first-order valence-corrected chi connectivity index (χ1v) is 7.66. The minimum Gasteiger partial charge on any atom is -0.354 e. The van der Waals surface area contributed by atoms with Gasteiger partial charge in [0.25, 0.3) is 0 Å². The lowest BCUT2D eigenvalue weighted by atomic mass is 10.3. The first-order valence-electron chi connectivity index (χ1n) is 7.66. The summed E-state index contributed by atoms with van der Waals surface area (Å²) in [5.41, 5.74) is 2.87. The summed E-state index contributed by atoms with van der Waals surface area (Å²) in [5.74, 6) is 1.35. The molecule has 0 fully saturated rings. The van der Waals surface area contributed by atoms with Crippen molar-refractivity contribution in [3.63, 3.8) is 0 Å². The van der Waals surface area contributed by atoms with Gasteiger partial charge < -0.3 is 15.6 Å². The molecule has 0 amide bonds. The number of H-pyrrole nitrogens is 1. The van der Waals surface area contributed by atoms with E-state index >= 15 is 0 Å². The molecule has 4 aromatic rings. The van der Waals surface area contributed by atoms with E-state index in [0.717, 1.165) is 22.7 Å². The summed E-state index contributed by atoms with van der Waals surface area (Å²) in [6.45, 7) is 1.34. The van der Waals surface area contributed by atoms with Gasteiger partial charge in [0.05, 0.1) is 16.7 Å². The molecule has 3 N–H and O–H groups in total. The molecule has 8 heteroatoms. The number of rotatable bonds is 6. The molecule has 2 aromatic heterocycles. The topological polar surface area (TPSA) is 96.3 Å². The molecular weight excluding hydrogens is 304 g/mol. The lowest BCUT2D eigenvalue weighted by Gasteiger charge is -2.07. The van der Waals surface area contributed by atoms with Gasteiger partial charge in [0, 0.05) is 13.1 Å². The van der Waals surface area contributed by atoms with Crippen molar-refractivity contribution in [1.29, 1.82) is 0 Å². The highest BCUT2D eigenvalue weighted by atomic mass is 15.6. The molecule has 2 aromatic carbocycles. The van der Waals surface area contributed by atoms with E-state index in [1.54, 1.807) is 4.68 Å². The average Bonchev–Trinajstić information content (AvgIpc) is 3.25. The van der Waals surface area contributed by atoms with Crippen molar-refractivity contribution < 1.29 is 0 Å². The maximum absolute atomic E-state index is 4.47. The van der Waals surface area contributed by atoms with Gasteiger partial charge in [-0.1, -0.05) is 35.4 Å². The Hall–Kier alpha value is -3.42. The van der Waals surface area contributed by atoms with Crippen LogP contribution in [0.1, 0.15) is 0 Å².